The summed E-state index contributed by atoms with van der Waals surface area (Å²) in [6, 6.07) is 10.8. The molecule has 1 heterocycles. The number of furan rings is 1. The van der Waals surface area contributed by atoms with Crippen LogP contribution in [0.2, 0.25) is 5.02 Å². The zero-order chi connectivity index (χ0) is 16.6. The summed E-state index contributed by atoms with van der Waals surface area (Å²) in [6.45, 7) is 1.71. The molecule has 116 valence electrons. The van der Waals surface area contributed by atoms with Crippen molar-refractivity contribution in [2.45, 2.75) is 19.3 Å². The number of benzene rings is 1. The Balaban J connectivity index is 1.75. The van der Waals surface area contributed by atoms with Crippen LogP contribution in [0.5, 0.6) is 0 Å². The van der Waals surface area contributed by atoms with Crippen molar-refractivity contribution in [2.24, 2.45) is 11.8 Å². The highest BCUT2D eigenvalue weighted by atomic mass is 35.5. The molecule has 1 aliphatic rings. The quantitative estimate of drug-likeness (QED) is 0.616. The maximum Gasteiger partial charge on any atom is 0.222 e. The molecule has 3 rings (SSSR count). The molecular weight excluding hydrogens is 314 g/mol. The van der Waals surface area contributed by atoms with Gasteiger partial charge in [-0.15, -0.1) is 0 Å². The van der Waals surface area contributed by atoms with Crippen molar-refractivity contribution in [3.63, 3.8) is 0 Å². The lowest BCUT2D eigenvalue weighted by atomic mass is 9.93. The van der Waals surface area contributed by atoms with E-state index in [9.17, 15) is 14.9 Å². The summed E-state index contributed by atoms with van der Waals surface area (Å²) >= 11 is 5.86. The van der Waals surface area contributed by atoms with Crippen LogP contribution in [0.25, 0.3) is 0 Å². The van der Waals surface area contributed by atoms with Crippen LogP contribution in [0.3, 0.4) is 0 Å². The minimum absolute atomic E-state index is 0.0566. The second kappa shape index (κ2) is 6.02. The lowest BCUT2D eigenvalue weighted by Crippen LogP contribution is -2.24. The Morgan fingerprint density at radius 2 is 2.00 bits per heavy atom. The van der Waals surface area contributed by atoms with Gasteiger partial charge < -0.3 is 4.42 Å². The van der Waals surface area contributed by atoms with Crippen molar-refractivity contribution >= 4 is 23.2 Å². The van der Waals surface area contributed by atoms with E-state index in [1.165, 1.54) is 6.26 Å². The van der Waals surface area contributed by atoms with E-state index < -0.39 is 11.7 Å². The van der Waals surface area contributed by atoms with Crippen LogP contribution < -0.4 is 0 Å². The minimum atomic E-state index is -1.30. The molecule has 1 aliphatic carbocycles. The first-order valence-electron chi connectivity index (χ1n) is 7.30. The number of halogens is 1. The van der Waals surface area contributed by atoms with Crippen molar-refractivity contribution in [3.8, 4) is 6.07 Å². The number of Topliss-reactive ketones (excluding diaryl/α,β-unsaturated/α-hetero) is 2. The van der Waals surface area contributed by atoms with Crippen molar-refractivity contribution in [2.75, 3.05) is 0 Å². The molecular formula is C18H14ClNO3. The molecule has 4 nitrogen and oxygen atoms in total. The van der Waals surface area contributed by atoms with Gasteiger partial charge in [-0.3, -0.25) is 9.59 Å². The third-order valence-corrected chi connectivity index (χ3v) is 4.47. The average Bonchev–Trinajstić information content (AvgIpc) is 3.22. The van der Waals surface area contributed by atoms with Gasteiger partial charge in [-0.25, -0.2) is 0 Å². The fourth-order valence-corrected chi connectivity index (χ4v) is 2.94. The zero-order valence-corrected chi connectivity index (χ0v) is 13.2. The van der Waals surface area contributed by atoms with Gasteiger partial charge in [0.25, 0.3) is 0 Å². The second-order valence-corrected chi connectivity index (χ2v) is 6.20. The predicted octanol–water partition coefficient (Wildman–Crippen LogP) is 3.94. The van der Waals surface area contributed by atoms with Gasteiger partial charge in [0.1, 0.15) is 0 Å². The van der Waals surface area contributed by atoms with Gasteiger partial charge >= 0.3 is 0 Å². The molecule has 1 aromatic carbocycles. The molecule has 0 spiro atoms. The number of hydrogen-bond acceptors (Lipinski definition) is 4. The number of nitriles is 1. The molecule has 1 aromatic heterocycles. The number of hydrogen-bond donors (Lipinski definition) is 0. The van der Waals surface area contributed by atoms with E-state index >= 15 is 0 Å². The maximum absolute atomic E-state index is 12.5. The van der Waals surface area contributed by atoms with E-state index in [2.05, 4.69) is 0 Å². The number of ketones is 2. The highest BCUT2D eigenvalue weighted by Crippen LogP contribution is 2.49. The lowest BCUT2D eigenvalue weighted by Gasteiger charge is -2.06. The Kier molecular flexibility index (Phi) is 4.06. The van der Waals surface area contributed by atoms with Crippen LogP contribution in [0.4, 0.5) is 0 Å². The van der Waals surface area contributed by atoms with Crippen molar-refractivity contribution in [1.29, 1.82) is 5.26 Å². The predicted molar refractivity (Wildman–Crippen MR) is 84.2 cm³/mol. The molecule has 0 radical (unpaired) electrons. The van der Waals surface area contributed by atoms with Gasteiger partial charge in [0.15, 0.2) is 17.5 Å². The summed E-state index contributed by atoms with van der Waals surface area (Å²) in [7, 11) is 0. The summed E-state index contributed by atoms with van der Waals surface area (Å²) in [5, 5.41) is 9.91. The summed E-state index contributed by atoms with van der Waals surface area (Å²) in [6.07, 6.45) is 2.04. The Bertz CT molecular complexity index is 800. The van der Waals surface area contributed by atoms with Gasteiger partial charge in [0.05, 0.1) is 12.3 Å². The average molecular weight is 328 g/mol. The molecule has 0 bridgehead atoms. The van der Waals surface area contributed by atoms with E-state index in [4.69, 9.17) is 16.0 Å². The number of carbonyl (C=O) groups is 2. The number of aryl methyl sites for hydroxylation is 1. The van der Waals surface area contributed by atoms with Crippen LogP contribution in [-0.4, -0.2) is 11.6 Å². The van der Waals surface area contributed by atoms with Crippen molar-refractivity contribution in [1.82, 2.24) is 0 Å². The van der Waals surface area contributed by atoms with Crippen molar-refractivity contribution in [3.05, 3.63) is 58.5 Å². The highest BCUT2D eigenvalue weighted by Gasteiger charge is 2.48. The molecule has 0 unspecified atom stereocenters. The molecule has 23 heavy (non-hydrogen) atoms. The van der Waals surface area contributed by atoms with Crippen LogP contribution in [0.1, 0.15) is 34.0 Å². The smallest absolute Gasteiger partial charge is 0.222 e. The highest BCUT2D eigenvalue weighted by molar-refractivity contribution is 6.30. The molecule has 2 aromatic rings. The topological polar surface area (TPSA) is 71.1 Å². The molecule has 0 saturated heterocycles. The van der Waals surface area contributed by atoms with E-state index in [1.807, 2.05) is 18.2 Å². The van der Waals surface area contributed by atoms with Gasteiger partial charge in [0, 0.05) is 10.9 Å². The van der Waals surface area contributed by atoms with Crippen LogP contribution >= 0.6 is 11.6 Å². The molecule has 1 fully saturated rings. The Hall–Kier alpha value is -2.38. The first kappa shape index (κ1) is 15.5. The van der Waals surface area contributed by atoms with Gasteiger partial charge in [0.2, 0.25) is 5.78 Å². The fraction of sp³-hybridized carbons (Fsp3) is 0.278. The van der Waals surface area contributed by atoms with Crippen molar-refractivity contribution < 1.29 is 14.0 Å². The van der Waals surface area contributed by atoms with E-state index in [1.54, 1.807) is 25.1 Å². The van der Waals surface area contributed by atoms with Gasteiger partial charge in [-0.05, 0) is 48.6 Å². The molecule has 1 saturated carbocycles. The molecule has 3 atom stereocenters. The Morgan fingerprint density at radius 1 is 1.30 bits per heavy atom. The summed E-state index contributed by atoms with van der Waals surface area (Å²) in [4.78, 5) is 24.9. The first-order valence-corrected chi connectivity index (χ1v) is 7.68. The summed E-state index contributed by atoms with van der Waals surface area (Å²) in [5.41, 5.74) is 1.64. The summed E-state index contributed by atoms with van der Waals surface area (Å²) in [5.74, 6) is -2.33. The van der Waals surface area contributed by atoms with Crippen LogP contribution in [0.15, 0.2) is 41.0 Å². The molecule has 0 N–H and O–H groups in total. The summed E-state index contributed by atoms with van der Waals surface area (Å²) < 4.78 is 5.12. The number of nitrogens with zero attached hydrogens (tertiary/aromatic N) is 1. The van der Waals surface area contributed by atoms with Crippen LogP contribution in [0, 0.1) is 30.1 Å². The third-order valence-electron chi connectivity index (χ3n) is 4.22. The Morgan fingerprint density at radius 3 is 2.57 bits per heavy atom. The van der Waals surface area contributed by atoms with E-state index in [0.717, 1.165) is 5.56 Å². The number of carbonyl (C=O) groups excluding carboxylic acids is 2. The van der Waals surface area contributed by atoms with Crippen LogP contribution in [-0.2, 0) is 4.79 Å². The normalized spacial score (nSPS) is 20.6. The minimum Gasteiger partial charge on any atom is -0.461 e. The monoisotopic (exact) mass is 327 g/mol. The molecule has 5 heteroatoms. The fourth-order valence-electron chi connectivity index (χ4n) is 2.81. The molecule has 0 aliphatic heterocycles. The number of rotatable bonds is 5. The van der Waals surface area contributed by atoms with E-state index in [-0.39, 0.29) is 23.4 Å². The zero-order valence-electron chi connectivity index (χ0n) is 12.5. The van der Waals surface area contributed by atoms with Gasteiger partial charge in [-0.1, -0.05) is 23.7 Å². The van der Waals surface area contributed by atoms with Gasteiger partial charge in [-0.2, -0.15) is 5.26 Å². The maximum atomic E-state index is 12.5. The third kappa shape index (κ3) is 2.93. The first-order chi connectivity index (χ1) is 11.0. The SMILES string of the molecule is Cc1ccoc1C(=O)[C@H](C#N)C(=O)[C@@H]1C[C@H]1c1ccc(Cl)cc1. The standard InChI is InChI=1S/C18H14ClNO3/c1-10-6-7-23-18(10)17(22)15(9-20)16(21)14-8-13(14)11-2-4-12(19)5-3-11/h2-7,13-15H,8H2,1H3/t13-,14+,15+/m0/s1. The van der Waals surface area contributed by atoms with E-state index in [0.29, 0.717) is 17.0 Å². The largest absolute Gasteiger partial charge is 0.461 e. The molecule has 0 amide bonds. The Labute approximate surface area is 138 Å². The second-order valence-electron chi connectivity index (χ2n) is 5.76. The lowest BCUT2D eigenvalue weighted by molar-refractivity contribution is -0.121.